The molecule has 0 radical (unpaired) electrons. The van der Waals surface area contributed by atoms with Gasteiger partial charge in [-0.1, -0.05) is 5.16 Å². The molecular formula is C7H12N4O. The van der Waals surface area contributed by atoms with Crippen molar-refractivity contribution in [2.45, 2.75) is 19.9 Å². The second-order valence-corrected chi connectivity index (χ2v) is 2.54. The first-order valence-corrected chi connectivity index (χ1v) is 3.69. The maximum atomic E-state index is 8.27. The zero-order valence-corrected chi connectivity index (χ0v) is 6.94. The average Bonchev–Trinajstić information content (AvgIpc) is 2.47. The van der Waals surface area contributed by atoms with Gasteiger partial charge in [0.1, 0.15) is 5.84 Å². The molecule has 0 unspecified atom stereocenters. The molecular weight excluding hydrogens is 156 g/mol. The van der Waals surface area contributed by atoms with Crippen molar-refractivity contribution >= 4 is 5.84 Å². The largest absolute Gasteiger partial charge is 0.409 e. The van der Waals surface area contributed by atoms with Crippen molar-refractivity contribution in [3.8, 4) is 0 Å². The van der Waals surface area contributed by atoms with Crippen molar-refractivity contribution in [3.05, 3.63) is 18.0 Å². The molecule has 1 heterocycles. The Hall–Kier alpha value is -1.52. The number of nitrogens with zero attached hydrogens (tertiary/aromatic N) is 3. The molecule has 0 aliphatic heterocycles. The molecule has 0 atom stereocenters. The molecule has 12 heavy (non-hydrogen) atoms. The fraction of sp³-hybridized carbons (Fsp3) is 0.429. The highest BCUT2D eigenvalue weighted by atomic mass is 16.4. The van der Waals surface area contributed by atoms with E-state index in [1.807, 2.05) is 13.0 Å². The van der Waals surface area contributed by atoms with Crippen LogP contribution in [0.4, 0.5) is 0 Å². The maximum absolute atomic E-state index is 8.27. The number of rotatable bonds is 3. The van der Waals surface area contributed by atoms with Gasteiger partial charge < -0.3 is 10.9 Å². The van der Waals surface area contributed by atoms with Crippen LogP contribution < -0.4 is 5.73 Å². The van der Waals surface area contributed by atoms with E-state index in [0.717, 1.165) is 5.69 Å². The highest BCUT2D eigenvalue weighted by molar-refractivity contribution is 5.79. The molecule has 1 aromatic heterocycles. The number of amidine groups is 1. The molecule has 0 bridgehead atoms. The first-order valence-electron chi connectivity index (χ1n) is 3.69. The van der Waals surface area contributed by atoms with E-state index in [4.69, 9.17) is 10.9 Å². The normalized spacial score (nSPS) is 11.9. The zero-order valence-electron chi connectivity index (χ0n) is 6.94. The Kier molecular flexibility index (Phi) is 2.68. The predicted molar refractivity (Wildman–Crippen MR) is 45.0 cm³/mol. The molecule has 5 heteroatoms. The number of hydrogen-bond donors (Lipinski definition) is 2. The van der Waals surface area contributed by atoms with Crippen LogP contribution >= 0.6 is 0 Å². The molecule has 1 rings (SSSR count). The third-order valence-corrected chi connectivity index (χ3v) is 1.64. The average molecular weight is 168 g/mol. The summed E-state index contributed by atoms with van der Waals surface area (Å²) in [5.74, 6) is 0.227. The monoisotopic (exact) mass is 168 g/mol. The number of hydrogen-bond acceptors (Lipinski definition) is 3. The maximum Gasteiger partial charge on any atom is 0.140 e. The van der Waals surface area contributed by atoms with E-state index in [2.05, 4.69) is 10.3 Å². The van der Waals surface area contributed by atoms with Gasteiger partial charge >= 0.3 is 0 Å². The lowest BCUT2D eigenvalue weighted by Gasteiger charge is -2.01. The van der Waals surface area contributed by atoms with E-state index < -0.39 is 0 Å². The van der Waals surface area contributed by atoms with Gasteiger partial charge in [-0.05, 0) is 13.0 Å². The lowest BCUT2D eigenvalue weighted by molar-refractivity contribution is 0.316. The van der Waals surface area contributed by atoms with Gasteiger partial charge in [-0.2, -0.15) is 5.10 Å². The Morgan fingerprint density at radius 1 is 1.83 bits per heavy atom. The summed E-state index contributed by atoms with van der Waals surface area (Å²) in [4.78, 5) is 0. The van der Waals surface area contributed by atoms with Crippen molar-refractivity contribution in [3.63, 3.8) is 0 Å². The SMILES string of the molecule is Cc1ccnn1CC/C(N)=N/O. The summed E-state index contributed by atoms with van der Waals surface area (Å²) in [5.41, 5.74) is 6.37. The summed E-state index contributed by atoms with van der Waals surface area (Å²) in [6.45, 7) is 2.61. The van der Waals surface area contributed by atoms with E-state index in [9.17, 15) is 0 Å². The van der Waals surface area contributed by atoms with Gasteiger partial charge in [0.25, 0.3) is 0 Å². The number of aryl methyl sites for hydroxylation is 2. The molecule has 0 amide bonds. The highest BCUT2D eigenvalue weighted by Gasteiger charge is 1.98. The number of aromatic nitrogens is 2. The van der Waals surface area contributed by atoms with Crippen molar-refractivity contribution in [2.75, 3.05) is 0 Å². The number of nitrogens with two attached hydrogens (primary N) is 1. The summed E-state index contributed by atoms with van der Waals surface area (Å²) in [6.07, 6.45) is 2.24. The summed E-state index contributed by atoms with van der Waals surface area (Å²) < 4.78 is 1.80. The Bertz CT molecular complexity index is 279. The molecule has 3 N–H and O–H groups in total. The Morgan fingerprint density at radius 3 is 3.08 bits per heavy atom. The van der Waals surface area contributed by atoms with Crippen molar-refractivity contribution < 1.29 is 5.21 Å². The molecule has 5 nitrogen and oxygen atoms in total. The summed E-state index contributed by atoms with van der Waals surface area (Å²) in [7, 11) is 0. The molecule has 0 fully saturated rings. The van der Waals surface area contributed by atoms with Crippen LogP contribution in [0.2, 0.25) is 0 Å². The summed E-state index contributed by atoms with van der Waals surface area (Å²) in [6, 6.07) is 1.91. The van der Waals surface area contributed by atoms with Gasteiger partial charge in [0.2, 0.25) is 0 Å². The van der Waals surface area contributed by atoms with Gasteiger partial charge in [-0.3, -0.25) is 4.68 Å². The van der Waals surface area contributed by atoms with Gasteiger partial charge in [0.15, 0.2) is 0 Å². The van der Waals surface area contributed by atoms with Crippen LogP contribution in [0.1, 0.15) is 12.1 Å². The highest BCUT2D eigenvalue weighted by Crippen LogP contribution is 1.96. The van der Waals surface area contributed by atoms with Crippen LogP contribution in [0, 0.1) is 6.92 Å². The fourth-order valence-electron chi connectivity index (χ4n) is 0.903. The molecule has 0 saturated heterocycles. The lowest BCUT2D eigenvalue weighted by atomic mass is 10.4. The first kappa shape index (κ1) is 8.58. The molecule has 0 spiro atoms. The van der Waals surface area contributed by atoms with Crippen LogP contribution in [-0.4, -0.2) is 20.8 Å². The van der Waals surface area contributed by atoms with E-state index >= 15 is 0 Å². The smallest absolute Gasteiger partial charge is 0.140 e. The number of oxime groups is 1. The minimum absolute atomic E-state index is 0.227. The predicted octanol–water partition coefficient (Wildman–Crippen LogP) is 0.328. The molecule has 66 valence electrons. The van der Waals surface area contributed by atoms with Crippen LogP contribution in [0.15, 0.2) is 17.4 Å². The minimum atomic E-state index is 0.227. The second kappa shape index (κ2) is 3.75. The third kappa shape index (κ3) is 1.98. The Labute approximate surface area is 70.5 Å². The van der Waals surface area contributed by atoms with Crippen LogP contribution in [0.5, 0.6) is 0 Å². The van der Waals surface area contributed by atoms with Crippen LogP contribution in [-0.2, 0) is 6.54 Å². The standard InChI is InChI=1S/C7H12N4O/c1-6-2-4-9-11(6)5-3-7(8)10-12/h2,4,12H,3,5H2,1H3,(H2,8,10). The molecule has 0 aliphatic rings. The van der Waals surface area contributed by atoms with Gasteiger partial charge in [-0.25, -0.2) is 0 Å². The van der Waals surface area contributed by atoms with E-state index in [1.165, 1.54) is 0 Å². The van der Waals surface area contributed by atoms with Gasteiger partial charge in [0.05, 0.1) is 0 Å². The quantitative estimate of drug-likeness (QED) is 0.295. The van der Waals surface area contributed by atoms with Crippen LogP contribution in [0.3, 0.4) is 0 Å². The van der Waals surface area contributed by atoms with Crippen molar-refractivity contribution in [2.24, 2.45) is 10.9 Å². The van der Waals surface area contributed by atoms with Crippen molar-refractivity contribution in [1.82, 2.24) is 9.78 Å². The Balaban J connectivity index is 2.49. The van der Waals surface area contributed by atoms with Gasteiger partial charge in [0, 0.05) is 24.9 Å². The Morgan fingerprint density at radius 2 is 2.58 bits per heavy atom. The molecule has 1 aromatic rings. The third-order valence-electron chi connectivity index (χ3n) is 1.64. The summed E-state index contributed by atoms with van der Waals surface area (Å²) in [5, 5.41) is 15.2. The second-order valence-electron chi connectivity index (χ2n) is 2.54. The van der Waals surface area contributed by atoms with E-state index in [0.29, 0.717) is 13.0 Å². The first-order chi connectivity index (χ1) is 5.74. The topological polar surface area (TPSA) is 76.4 Å². The minimum Gasteiger partial charge on any atom is -0.409 e. The summed E-state index contributed by atoms with van der Waals surface area (Å²) >= 11 is 0. The van der Waals surface area contributed by atoms with Crippen LogP contribution in [0.25, 0.3) is 0 Å². The zero-order chi connectivity index (χ0) is 8.97. The van der Waals surface area contributed by atoms with E-state index in [-0.39, 0.29) is 5.84 Å². The molecule has 0 aliphatic carbocycles. The van der Waals surface area contributed by atoms with Crippen molar-refractivity contribution in [1.29, 1.82) is 0 Å². The molecule has 0 saturated carbocycles. The van der Waals surface area contributed by atoms with E-state index in [1.54, 1.807) is 10.9 Å². The molecule has 0 aromatic carbocycles. The lowest BCUT2D eigenvalue weighted by Crippen LogP contribution is -2.15. The fourth-order valence-corrected chi connectivity index (χ4v) is 0.903. The van der Waals surface area contributed by atoms with Gasteiger partial charge in [-0.15, -0.1) is 0 Å².